The SMILES string of the molecule is CN(CC(=O)Nc1ccc(N2CCOCC2)cc1)CC(=O)Nc1sc2c(c1C#N)CCC2. The van der Waals surface area contributed by atoms with Crippen LogP contribution in [0.2, 0.25) is 0 Å². The number of nitriles is 1. The van der Waals surface area contributed by atoms with Gasteiger partial charge in [-0.1, -0.05) is 0 Å². The van der Waals surface area contributed by atoms with E-state index in [0.717, 1.165) is 62.5 Å². The van der Waals surface area contributed by atoms with E-state index in [1.807, 2.05) is 24.3 Å². The smallest absolute Gasteiger partial charge is 0.239 e. The molecule has 1 saturated heterocycles. The minimum absolute atomic E-state index is 0.0663. The number of anilines is 3. The second kappa shape index (κ2) is 10.1. The lowest BCUT2D eigenvalue weighted by Gasteiger charge is -2.28. The number of benzene rings is 1. The van der Waals surface area contributed by atoms with E-state index < -0.39 is 0 Å². The quantitative estimate of drug-likeness (QED) is 0.668. The fourth-order valence-corrected chi connectivity index (χ4v) is 5.36. The number of nitrogens with zero attached hydrogens (tertiary/aromatic N) is 3. The van der Waals surface area contributed by atoms with Crippen LogP contribution >= 0.6 is 11.3 Å². The molecule has 2 amide bonds. The molecule has 0 bridgehead atoms. The first-order valence-corrected chi connectivity index (χ1v) is 11.6. The molecule has 2 aliphatic rings. The number of amides is 2. The van der Waals surface area contributed by atoms with Gasteiger partial charge in [0.2, 0.25) is 11.8 Å². The van der Waals surface area contributed by atoms with Crippen molar-refractivity contribution in [2.24, 2.45) is 0 Å². The zero-order valence-electron chi connectivity index (χ0n) is 18.1. The van der Waals surface area contributed by atoms with E-state index in [0.29, 0.717) is 10.6 Å². The molecular formula is C23H27N5O3S. The summed E-state index contributed by atoms with van der Waals surface area (Å²) in [5.41, 5.74) is 3.50. The minimum Gasteiger partial charge on any atom is -0.378 e. The average molecular weight is 454 g/mol. The van der Waals surface area contributed by atoms with Crippen molar-refractivity contribution in [3.8, 4) is 6.07 Å². The summed E-state index contributed by atoms with van der Waals surface area (Å²) in [4.78, 5) is 29.9. The van der Waals surface area contributed by atoms with E-state index in [2.05, 4.69) is 21.6 Å². The minimum atomic E-state index is -0.230. The van der Waals surface area contributed by atoms with Crippen molar-refractivity contribution in [3.63, 3.8) is 0 Å². The number of hydrogen-bond donors (Lipinski definition) is 2. The number of carbonyl (C=O) groups is 2. The van der Waals surface area contributed by atoms with Crippen LogP contribution in [0.25, 0.3) is 0 Å². The monoisotopic (exact) mass is 453 g/mol. The number of rotatable bonds is 7. The summed E-state index contributed by atoms with van der Waals surface area (Å²) < 4.78 is 5.38. The van der Waals surface area contributed by atoms with Crippen molar-refractivity contribution >= 4 is 39.5 Å². The topological polar surface area (TPSA) is 97.7 Å². The molecule has 1 aromatic carbocycles. The van der Waals surface area contributed by atoms with Crippen molar-refractivity contribution in [1.82, 2.24) is 4.90 Å². The van der Waals surface area contributed by atoms with Crippen LogP contribution in [0.5, 0.6) is 0 Å². The Labute approximate surface area is 191 Å². The van der Waals surface area contributed by atoms with Crippen molar-refractivity contribution in [3.05, 3.63) is 40.3 Å². The fraction of sp³-hybridized carbons (Fsp3) is 0.435. The van der Waals surface area contributed by atoms with E-state index in [1.54, 1.807) is 11.9 Å². The first kappa shape index (κ1) is 22.3. The summed E-state index contributed by atoms with van der Waals surface area (Å²) in [6, 6.07) is 9.97. The van der Waals surface area contributed by atoms with Gasteiger partial charge < -0.3 is 20.3 Å². The van der Waals surface area contributed by atoms with Gasteiger partial charge in [-0.15, -0.1) is 11.3 Å². The third-order valence-electron chi connectivity index (χ3n) is 5.64. The van der Waals surface area contributed by atoms with Crippen LogP contribution in [-0.4, -0.2) is 63.2 Å². The molecule has 0 unspecified atom stereocenters. The lowest BCUT2D eigenvalue weighted by Crippen LogP contribution is -2.36. The summed E-state index contributed by atoms with van der Waals surface area (Å²) >= 11 is 1.49. The standard InChI is InChI=1S/C23H27N5O3S/c1-27(15-22(30)26-23-19(13-24)18-3-2-4-20(18)32-23)14-21(29)25-16-5-7-17(8-6-16)28-9-11-31-12-10-28/h5-8H,2-4,9-12,14-15H2,1H3,(H,25,29)(H,26,30). The molecule has 168 valence electrons. The lowest BCUT2D eigenvalue weighted by molar-refractivity contribution is -0.119. The summed E-state index contributed by atoms with van der Waals surface area (Å²) in [6.07, 6.45) is 2.94. The molecular weight excluding hydrogens is 426 g/mol. The van der Waals surface area contributed by atoms with Crippen molar-refractivity contribution in [2.45, 2.75) is 19.3 Å². The third-order valence-corrected chi connectivity index (χ3v) is 6.85. The van der Waals surface area contributed by atoms with Crippen LogP contribution < -0.4 is 15.5 Å². The first-order chi connectivity index (χ1) is 15.5. The number of nitrogens with one attached hydrogen (secondary N) is 2. The molecule has 9 heteroatoms. The van der Waals surface area contributed by atoms with Crippen molar-refractivity contribution < 1.29 is 14.3 Å². The molecule has 1 fully saturated rings. The van der Waals surface area contributed by atoms with Gasteiger partial charge in [0, 0.05) is 29.3 Å². The van der Waals surface area contributed by atoms with Crippen LogP contribution in [0.3, 0.4) is 0 Å². The number of carbonyl (C=O) groups excluding carboxylic acids is 2. The van der Waals surface area contributed by atoms with Crippen molar-refractivity contribution in [2.75, 3.05) is 62.0 Å². The van der Waals surface area contributed by atoms with Crippen LogP contribution in [0.15, 0.2) is 24.3 Å². The Morgan fingerprint density at radius 2 is 1.81 bits per heavy atom. The van der Waals surface area contributed by atoms with Gasteiger partial charge in [-0.25, -0.2) is 0 Å². The van der Waals surface area contributed by atoms with Crippen LogP contribution in [0.1, 0.15) is 22.4 Å². The predicted molar refractivity (Wildman–Crippen MR) is 125 cm³/mol. The van der Waals surface area contributed by atoms with E-state index in [-0.39, 0.29) is 24.9 Å². The molecule has 0 atom stereocenters. The second-order valence-electron chi connectivity index (χ2n) is 8.09. The number of hydrogen-bond acceptors (Lipinski definition) is 7. The normalized spacial score (nSPS) is 15.3. The number of fused-ring (bicyclic) bond motifs is 1. The number of ether oxygens (including phenoxy) is 1. The molecule has 0 spiro atoms. The summed E-state index contributed by atoms with van der Waals surface area (Å²) in [5, 5.41) is 15.8. The lowest BCUT2D eigenvalue weighted by atomic mass is 10.1. The Bertz CT molecular complexity index is 1020. The number of likely N-dealkylation sites (N-methyl/N-ethyl adjacent to an activating group) is 1. The molecule has 0 radical (unpaired) electrons. The molecule has 1 aliphatic carbocycles. The Morgan fingerprint density at radius 3 is 2.50 bits per heavy atom. The van der Waals surface area contributed by atoms with Crippen LogP contribution in [0, 0.1) is 11.3 Å². The highest BCUT2D eigenvalue weighted by atomic mass is 32.1. The van der Waals surface area contributed by atoms with E-state index in [4.69, 9.17) is 4.74 Å². The molecule has 8 nitrogen and oxygen atoms in total. The summed E-state index contributed by atoms with van der Waals surface area (Å²) in [6.45, 7) is 3.34. The number of thiophene rings is 1. The number of morpholine rings is 1. The van der Waals surface area contributed by atoms with Gasteiger partial charge in [0.25, 0.3) is 0 Å². The zero-order valence-corrected chi connectivity index (χ0v) is 19.0. The molecule has 0 saturated carbocycles. The van der Waals surface area contributed by atoms with Gasteiger partial charge in [-0.05, 0) is 56.1 Å². The molecule has 2 aromatic rings. The maximum atomic E-state index is 12.4. The zero-order chi connectivity index (χ0) is 22.5. The molecule has 2 heterocycles. The predicted octanol–water partition coefficient (Wildman–Crippen LogP) is 2.45. The third kappa shape index (κ3) is 5.27. The molecule has 4 rings (SSSR count). The largest absolute Gasteiger partial charge is 0.378 e. The van der Waals surface area contributed by atoms with Gasteiger partial charge in [0.05, 0.1) is 31.9 Å². The van der Waals surface area contributed by atoms with E-state index in [1.165, 1.54) is 16.2 Å². The highest BCUT2D eigenvalue weighted by Crippen LogP contribution is 2.38. The van der Waals surface area contributed by atoms with Crippen LogP contribution in [-0.2, 0) is 27.2 Å². The van der Waals surface area contributed by atoms with Crippen molar-refractivity contribution in [1.29, 1.82) is 5.26 Å². The highest BCUT2D eigenvalue weighted by Gasteiger charge is 2.23. The summed E-state index contributed by atoms with van der Waals surface area (Å²) in [7, 11) is 1.72. The first-order valence-electron chi connectivity index (χ1n) is 10.8. The molecule has 32 heavy (non-hydrogen) atoms. The Balaban J connectivity index is 1.25. The summed E-state index contributed by atoms with van der Waals surface area (Å²) in [5.74, 6) is -0.418. The van der Waals surface area contributed by atoms with Gasteiger partial charge in [-0.3, -0.25) is 14.5 Å². The second-order valence-corrected chi connectivity index (χ2v) is 9.19. The van der Waals surface area contributed by atoms with E-state index in [9.17, 15) is 14.9 Å². The van der Waals surface area contributed by atoms with Gasteiger partial charge in [0.15, 0.2) is 0 Å². The van der Waals surface area contributed by atoms with E-state index >= 15 is 0 Å². The highest BCUT2D eigenvalue weighted by molar-refractivity contribution is 7.16. The molecule has 1 aromatic heterocycles. The van der Waals surface area contributed by atoms with Gasteiger partial charge in [-0.2, -0.15) is 5.26 Å². The molecule has 2 N–H and O–H groups in total. The Kier molecular flexibility index (Phi) is 7.05. The Morgan fingerprint density at radius 1 is 1.12 bits per heavy atom. The fourth-order valence-electron chi connectivity index (χ4n) is 4.10. The Hall–Kier alpha value is -2.93. The number of aryl methyl sites for hydroxylation is 1. The van der Waals surface area contributed by atoms with Gasteiger partial charge >= 0.3 is 0 Å². The molecule has 1 aliphatic heterocycles. The maximum Gasteiger partial charge on any atom is 0.239 e. The maximum absolute atomic E-state index is 12.4. The van der Waals surface area contributed by atoms with Crippen LogP contribution in [0.4, 0.5) is 16.4 Å². The average Bonchev–Trinajstić information content (AvgIpc) is 3.35. The van der Waals surface area contributed by atoms with Gasteiger partial charge in [0.1, 0.15) is 11.1 Å².